The lowest BCUT2D eigenvalue weighted by Gasteiger charge is -2.05. The standard InChI is InChI=1S/C18H22ClN5O/c1-11(20-4)9-16-21-18(25-23-16)17-12(2)22-24(13(17)3)10-14-5-7-15(19)8-6-14/h5-8,11,20H,9-10H2,1-4H3. The van der Waals surface area contributed by atoms with E-state index in [-0.39, 0.29) is 0 Å². The molecule has 132 valence electrons. The van der Waals surface area contributed by atoms with Crippen LogP contribution in [0.3, 0.4) is 0 Å². The third-order valence-corrected chi connectivity index (χ3v) is 4.54. The summed E-state index contributed by atoms with van der Waals surface area (Å²) < 4.78 is 7.43. The van der Waals surface area contributed by atoms with Crippen molar-refractivity contribution in [2.75, 3.05) is 7.05 Å². The number of nitrogens with zero attached hydrogens (tertiary/aromatic N) is 4. The third kappa shape index (κ3) is 3.91. The zero-order valence-electron chi connectivity index (χ0n) is 14.9. The molecule has 2 aromatic heterocycles. The molecule has 1 aromatic carbocycles. The molecule has 2 heterocycles. The number of rotatable bonds is 6. The van der Waals surface area contributed by atoms with E-state index in [0.717, 1.165) is 34.0 Å². The highest BCUT2D eigenvalue weighted by atomic mass is 35.5. The summed E-state index contributed by atoms with van der Waals surface area (Å²) in [5.41, 5.74) is 3.92. The predicted molar refractivity (Wildman–Crippen MR) is 97.8 cm³/mol. The molecule has 1 atom stereocenters. The van der Waals surface area contributed by atoms with Crippen molar-refractivity contribution in [2.24, 2.45) is 0 Å². The molecule has 3 rings (SSSR count). The van der Waals surface area contributed by atoms with Crippen molar-refractivity contribution >= 4 is 11.6 Å². The molecular weight excluding hydrogens is 338 g/mol. The summed E-state index contributed by atoms with van der Waals surface area (Å²) in [5.74, 6) is 1.22. The van der Waals surface area contributed by atoms with Crippen LogP contribution in [0.2, 0.25) is 5.02 Å². The van der Waals surface area contributed by atoms with Crippen LogP contribution in [0.15, 0.2) is 28.8 Å². The average Bonchev–Trinajstić information content (AvgIpc) is 3.14. The number of likely N-dealkylation sites (N-methyl/N-ethyl adjacent to an activating group) is 1. The van der Waals surface area contributed by atoms with Crippen molar-refractivity contribution < 1.29 is 4.52 Å². The van der Waals surface area contributed by atoms with Gasteiger partial charge in [0.25, 0.3) is 5.89 Å². The lowest BCUT2D eigenvalue weighted by atomic mass is 10.2. The summed E-state index contributed by atoms with van der Waals surface area (Å²) in [7, 11) is 1.92. The van der Waals surface area contributed by atoms with Crippen LogP contribution in [-0.2, 0) is 13.0 Å². The summed E-state index contributed by atoms with van der Waals surface area (Å²) in [4.78, 5) is 4.53. The zero-order chi connectivity index (χ0) is 18.0. The first kappa shape index (κ1) is 17.6. The Labute approximate surface area is 152 Å². The minimum Gasteiger partial charge on any atom is -0.334 e. The molecule has 0 aliphatic carbocycles. The first-order valence-corrected chi connectivity index (χ1v) is 8.64. The molecule has 0 amide bonds. The Bertz CT molecular complexity index is 853. The first-order valence-electron chi connectivity index (χ1n) is 8.26. The SMILES string of the molecule is CNC(C)Cc1noc(-c2c(C)nn(Cc3ccc(Cl)cc3)c2C)n1. The molecule has 25 heavy (non-hydrogen) atoms. The minimum absolute atomic E-state index is 0.292. The average molecular weight is 360 g/mol. The molecule has 0 saturated heterocycles. The Morgan fingerprint density at radius 2 is 1.96 bits per heavy atom. The molecule has 1 unspecified atom stereocenters. The number of hydrogen-bond donors (Lipinski definition) is 1. The van der Waals surface area contributed by atoms with Gasteiger partial charge in [0.15, 0.2) is 5.82 Å². The molecule has 0 bridgehead atoms. The fraction of sp³-hybridized carbons (Fsp3) is 0.389. The first-order chi connectivity index (χ1) is 12.0. The maximum atomic E-state index is 5.95. The maximum absolute atomic E-state index is 5.95. The van der Waals surface area contributed by atoms with Crippen molar-refractivity contribution in [3.63, 3.8) is 0 Å². The Hall–Kier alpha value is -2.18. The zero-order valence-corrected chi connectivity index (χ0v) is 15.6. The molecule has 0 aliphatic heterocycles. The number of halogens is 1. The van der Waals surface area contributed by atoms with Gasteiger partial charge in [0.05, 0.1) is 17.8 Å². The van der Waals surface area contributed by atoms with E-state index in [2.05, 4.69) is 27.5 Å². The lowest BCUT2D eigenvalue weighted by Crippen LogP contribution is -2.24. The summed E-state index contributed by atoms with van der Waals surface area (Å²) in [6, 6.07) is 8.07. The van der Waals surface area contributed by atoms with Crippen molar-refractivity contribution in [1.29, 1.82) is 0 Å². The van der Waals surface area contributed by atoms with E-state index in [4.69, 9.17) is 16.1 Å². The predicted octanol–water partition coefficient (Wildman–Crippen LogP) is 3.40. The Kier molecular flexibility index (Phi) is 5.20. The molecule has 0 radical (unpaired) electrons. The lowest BCUT2D eigenvalue weighted by molar-refractivity contribution is 0.417. The molecule has 3 aromatic rings. The van der Waals surface area contributed by atoms with Gasteiger partial charge in [-0.15, -0.1) is 0 Å². The van der Waals surface area contributed by atoms with Crippen LogP contribution in [0, 0.1) is 13.8 Å². The van der Waals surface area contributed by atoms with Crippen molar-refractivity contribution in [3.05, 3.63) is 52.1 Å². The van der Waals surface area contributed by atoms with E-state index in [9.17, 15) is 0 Å². The molecule has 0 saturated carbocycles. The monoisotopic (exact) mass is 359 g/mol. The van der Waals surface area contributed by atoms with Gasteiger partial charge in [-0.05, 0) is 45.5 Å². The molecule has 0 spiro atoms. The van der Waals surface area contributed by atoms with Gasteiger partial charge in [0.2, 0.25) is 0 Å². The van der Waals surface area contributed by atoms with Crippen LogP contribution < -0.4 is 5.32 Å². The Balaban J connectivity index is 1.85. The highest BCUT2D eigenvalue weighted by molar-refractivity contribution is 6.30. The van der Waals surface area contributed by atoms with Crippen LogP contribution in [0.1, 0.15) is 29.7 Å². The smallest absolute Gasteiger partial charge is 0.261 e. The summed E-state index contributed by atoms with van der Waals surface area (Å²) in [6.45, 7) is 6.73. The van der Waals surface area contributed by atoms with Gasteiger partial charge in [-0.25, -0.2) is 0 Å². The van der Waals surface area contributed by atoms with E-state index in [1.54, 1.807) is 0 Å². The number of aromatic nitrogens is 4. The number of hydrogen-bond acceptors (Lipinski definition) is 5. The Morgan fingerprint density at radius 1 is 1.24 bits per heavy atom. The van der Waals surface area contributed by atoms with E-state index >= 15 is 0 Å². The van der Waals surface area contributed by atoms with Crippen LogP contribution in [0.25, 0.3) is 11.5 Å². The van der Waals surface area contributed by atoms with E-state index in [1.807, 2.05) is 49.8 Å². The van der Waals surface area contributed by atoms with Crippen molar-refractivity contribution in [1.82, 2.24) is 25.2 Å². The summed E-state index contributed by atoms with van der Waals surface area (Å²) in [5, 5.41) is 12.6. The fourth-order valence-electron chi connectivity index (χ4n) is 2.74. The molecular formula is C18H22ClN5O. The van der Waals surface area contributed by atoms with Crippen LogP contribution in [0.5, 0.6) is 0 Å². The van der Waals surface area contributed by atoms with Gasteiger partial charge in [-0.1, -0.05) is 28.9 Å². The highest BCUT2D eigenvalue weighted by Crippen LogP contribution is 2.26. The normalized spacial score (nSPS) is 12.5. The molecule has 0 fully saturated rings. The van der Waals surface area contributed by atoms with Gasteiger partial charge in [-0.3, -0.25) is 4.68 Å². The van der Waals surface area contributed by atoms with Gasteiger partial charge < -0.3 is 9.84 Å². The second kappa shape index (κ2) is 7.37. The van der Waals surface area contributed by atoms with E-state index in [0.29, 0.717) is 24.3 Å². The fourth-order valence-corrected chi connectivity index (χ4v) is 2.86. The van der Waals surface area contributed by atoms with Crippen LogP contribution >= 0.6 is 11.6 Å². The molecule has 0 aliphatic rings. The van der Waals surface area contributed by atoms with Crippen LogP contribution in [-0.4, -0.2) is 33.0 Å². The number of aryl methyl sites for hydroxylation is 1. The van der Waals surface area contributed by atoms with E-state index < -0.39 is 0 Å². The molecule has 1 N–H and O–H groups in total. The highest BCUT2D eigenvalue weighted by Gasteiger charge is 2.20. The number of benzene rings is 1. The van der Waals surface area contributed by atoms with Gasteiger partial charge in [0.1, 0.15) is 0 Å². The summed E-state index contributed by atoms with van der Waals surface area (Å²) in [6.07, 6.45) is 0.719. The minimum atomic E-state index is 0.292. The number of nitrogens with one attached hydrogen (secondary N) is 1. The van der Waals surface area contributed by atoms with Gasteiger partial charge in [-0.2, -0.15) is 10.1 Å². The quantitative estimate of drug-likeness (QED) is 0.730. The molecule has 6 nitrogen and oxygen atoms in total. The Morgan fingerprint density at radius 3 is 2.64 bits per heavy atom. The van der Waals surface area contributed by atoms with Crippen molar-refractivity contribution in [2.45, 2.75) is 39.8 Å². The van der Waals surface area contributed by atoms with E-state index in [1.165, 1.54) is 0 Å². The maximum Gasteiger partial charge on any atom is 0.261 e. The van der Waals surface area contributed by atoms with Gasteiger partial charge in [0, 0.05) is 23.2 Å². The third-order valence-electron chi connectivity index (χ3n) is 4.29. The second-order valence-electron chi connectivity index (χ2n) is 6.24. The topological polar surface area (TPSA) is 68.8 Å². The van der Waals surface area contributed by atoms with Crippen LogP contribution in [0.4, 0.5) is 0 Å². The summed E-state index contributed by atoms with van der Waals surface area (Å²) >= 11 is 5.95. The van der Waals surface area contributed by atoms with Gasteiger partial charge >= 0.3 is 0 Å². The largest absolute Gasteiger partial charge is 0.334 e. The molecule has 7 heteroatoms. The second-order valence-corrected chi connectivity index (χ2v) is 6.68. The van der Waals surface area contributed by atoms with Crippen molar-refractivity contribution in [3.8, 4) is 11.5 Å².